The third kappa shape index (κ3) is 5.87. The number of carbonyl (C=O) groups excluding carboxylic acids is 3. The molecule has 1 aromatic carbocycles. The number of imide groups is 1. The molecule has 1 aliphatic heterocycles. The molecule has 0 spiro atoms. The second-order valence-corrected chi connectivity index (χ2v) is 10.2. The standard InChI is InChI=1S/C26H29ClF3N5O3/c1-34(18-9-5-8-17(27)14-18)24(37)21-19(12-15-10-11-32-20(31)13-15)23(36)35(21)25(38)33-22(26(28,29)30)16-6-3-2-4-7-16/h5,8-11,13-14,16,19,21-22H,2-4,6-7,12H2,1H3,(H2,31,32)(H,33,38)/t19-,21+,22?/m1/s1. The third-order valence-corrected chi connectivity index (χ3v) is 7.50. The Morgan fingerprint density at radius 3 is 2.55 bits per heavy atom. The summed E-state index contributed by atoms with van der Waals surface area (Å²) in [6.07, 6.45) is -0.429. The number of halogens is 4. The van der Waals surface area contributed by atoms with Crippen molar-refractivity contribution in [3.63, 3.8) is 0 Å². The lowest BCUT2D eigenvalue weighted by molar-refractivity contribution is -0.170. The first-order chi connectivity index (χ1) is 18.0. The van der Waals surface area contributed by atoms with Crippen molar-refractivity contribution in [2.24, 2.45) is 11.8 Å². The van der Waals surface area contributed by atoms with Gasteiger partial charge in [-0.25, -0.2) is 9.78 Å². The predicted octanol–water partition coefficient (Wildman–Crippen LogP) is 4.57. The Labute approximate surface area is 223 Å². The number of aromatic nitrogens is 1. The number of β-lactam (4-membered cyclic amide) rings is 1. The van der Waals surface area contributed by atoms with E-state index in [2.05, 4.69) is 4.98 Å². The van der Waals surface area contributed by atoms with Crippen molar-refractivity contribution in [1.82, 2.24) is 15.2 Å². The average molecular weight is 552 g/mol. The fraction of sp³-hybridized carbons (Fsp3) is 0.462. The first-order valence-corrected chi connectivity index (χ1v) is 12.8. The van der Waals surface area contributed by atoms with Crippen LogP contribution in [0.5, 0.6) is 0 Å². The van der Waals surface area contributed by atoms with E-state index in [1.807, 2.05) is 5.32 Å². The molecule has 3 N–H and O–H groups in total. The van der Waals surface area contributed by atoms with E-state index >= 15 is 0 Å². The minimum Gasteiger partial charge on any atom is -0.384 e. The molecule has 4 amide bonds. The number of rotatable bonds is 6. The third-order valence-electron chi connectivity index (χ3n) is 7.27. The lowest BCUT2D eigenvalue weighted by Crippen LogP contribution is -2.71. The number of nitrogens with one attached hydrogen (secondary N) is 1. The van der Waals surface area contributed by atoms with E-state index in [1.165, 1.54) is 24.2 Å². The normalized spacial score (nSPS) is 21.0. The summed E-state index contributed by atoms with van der Waals surface area (Å²) in [5.74, 6) is -2.92. The van der Waals surface area contributed by atoms with Gasteiger partial charge < -0.3 is 16.0 Å². The van der Waals surface area contributed by atoms with Crippen molar-refractivity contribution in [1.29, 1.82) is 0 Å². The van der Waals surface area contributed by atoms with Gasteiger partial charge in [-0.3, -0.25) is 14.5 Å². The van der Waals surface area contributed by atoms with Crippen molar-refractivity contribution in [3.05, 3.63) is 53.2 Å². The van der Waals surface area contributed by atoms with Gasteiger partial charge in [0.1, 0.15) is 17.9 Å². The van der Waals surface area contributed by atoms with E-state index in [-0.39, 0.29) is 12.2 Å². The topological polar surface area (TPSA) is 109 Å². The Hall–Kier alpha value is -3.34. The smallest absolute Gasteiger partial charge is 0.384 e. The van der Waals surface area contributed by atoms with Gasteiger partial charge in [-0.1, -0.05) is 36.9 Å². The molecular formula is C26H29ClF3N5O3. The van der Waals surface area contributed by atoms with Crippen LogP contribution in [0.2, 0.25) is 5.02 Å². The van der Waals surface area contributed by atoms with Gasteiger partial charge in [0, 0.05) is 24.0 Å². The fourth-order valence-electron chi connectivity index (χ4n) is 5.28. The minimum atomic E-state index is -4.70. The molecule has 0 radical (unpaired) electrons. The molecule has 2 aliphatic rings. The highest BCUT2D eigenvalue weighted by Gasteiger charge is 2.56. The summed E-state index contributed by atoms with van der Waals surface area (Å²) in [5.41, 5.74) is 6.75. The molecule has 1 aliphatic carbocycles. The van der Waals surface area contributed by atoms with E-state index < -0.39 is 47.9 Å². The van der Waals surface area contributed by atoms with E-state index in [4.69, 9.17) is 17.3 Å². The number of nitrogens with zero attached hydrogens (tertiary/aromatic N) is 3. The molecule has 1 unspecified atom stereocenters. The Bertz CT molecular complexity index is 1200. The van der Waals surface area contributed by atoms with Gasteiger partial charge in [0.15, 0.2) is 0 Å². The monoisotopic (exact) mass is 551 g/mol. The van der Waals surface area contributed by atoms with Crippen LogP contribution < -0.4 is 16.0 Å². The van der Waals surface area contributed by atoms with Crippen LogP contribution >= 0.6 is 11.6 Å². The molecule has 1 saturated heterocycles. The predicted molar refractivity (Wildman–Crippen MR) is 136 cm³/mol. The van der Waals surface area contributed by atoms with Crippen molar-refractivity contribution < 1.29 is 27.6 Å². The SMILES string of the molecule is CN(C(=O)[C@@H]1[C@@H](Cc2ccnc(N)c2)C(=O)N1C(=O)NC(C1CCCCC1)C(F)(F)F)c1cccc(Cl)c1. The van der Waals surface area contributed by atoms with Crippen LogP contribution in [-0.4, -0.2) is 53.0 Å². The number of likely N-dealkylation sites (tertiary alicyclic amines) is 1. The number of carbonyl (C=O) groups is 3. The number of hydrogen-bond donors (Lipinski definition) is 2. The van der Waals surface area contributed by atoms with E-state index in [9.17, 15) is 27.6 Å². The molecule has 8 nitrogen and oxygen atoms in total. The van der Waals surface area contributed by atoms with Crippen LogP contribution in [0, 0.1) is 11.8 Å². The summed E-state index contributed by atoms with van der Waals surface area (Å²) >= 11 is 6.06. The Balaban J connectivity index is 1.61. The van der Waals surface area contributed by atoms with Crippen LogP contribution in [0.3, 0.4) is 0 Å². The average Bonchev–Trinajstić information content (AvgIpc) is 2.87. The Morgan fingerprint density at radius 2 is 1.92 bits per heavy atom. The van der Waals surface area contributed by atoms with Crippen molar-refractivity contribution in [2.75, 3.05) is 17.7 Å². The van der Waals surface area contributed by atoms with Gasteiger partial charge in [0.05, 0.1) is 5.92 Å². The number of urea groups is 1. The summed E-state index contributed by atoms with van der Waals surface area (Å²) < 4.78 is 41.9. The lowest BCUT2D eigenvalue weighted by atomic mass is 9.81. The van der Waals surface area contributed by atoms with Crippen molar-refractivity contribution in [2.45, 2.75) is 56.8 Å². The summed E-state index contributed by atoms with van der Waals surface area (Å²) in [5, 5.41) is 2.41. The molecule has 12 heteroatoms. The van der Waals surface area contributed by atoms with Crippen molar-refractivity contribution in [3.8, 4) is 0 Å². The van der Waals surface area contributed by atoms with Gasteiger partial charge >= 0.3 is 12.2 Å². The molecule has 1 saturated carbocycles. The summed E-state index contributed by atoms with van der Waals surface area (Å²) in [6, 6.07) is 4.92. The summed E-state index contributed by atoms with van der Waals surface area (Å²) in [6.45, 7) is 0. The number of benzene rings is 1. The molecule has 2 fully saturated rings. The fourth-order valence-corrected chi connectivity index (χ4v) is 5.46. The first kappa shape index (κ1) is 27.7. The number of hydrogen-bond acceptors (Lipinski definition) is 5. The van der Waals surface area contributed by atoms with Crippen LogP contribution in [0.1, 0.15) is 37.7 Å². The number of amides is 4. The molecular weight excluding hydrogens is 523 g/mol. The van der Waals surface area contributed by atoms with Crippen LogP contribution in [-0.2, 0) is 16.0 Å². The molecule has 0 bridgehead atoms. The van der Waals surface area contributed by atoms with E-state index in [1.54, 1.807) is 30.3 Å². The largest absolute Gasteiger partial charge is 0.408 e. The Morgan fingerprint density at radius 1 is 1.21 bits per heavy atom. The number of likely N-dealkylation sites (N-methyl/N-ethyl adjacent to an activating group) is 1. The van der Waals surface area contributed by atoms with Gasteiger partial charge in [0.2, 0.25) is 5.91 Å². The number of nitrogens with two attached hydrogens (primary N) is 1. The van der Waals surface area contributed by atoms with Gasteiger partial charge in [-0.2, -0.15) is 13.2 Å². The molecule has 2 aromatic rings. The zero-order valence-corrected chi connectivity index (χ0v) is 21.5. The number of pyridine rings is 1. The van der Waals surface area contributed by atoms with E-state index in [0.717, 1.165) is 6.42 Å². The second kappa shape index (κ2) is 11.2. The van der Waals surface area contributed by atoms with Gasteiger partial charge in [-0.15, -0.1) is 0 Å². The van der Waals surface area contributed by atoms with Gasteiger partial charge in [0.25, 0.3) is 5.91 Å². The lowest BCUT2D eigenvalue weighted by Gasteiger charge is -2.46. The molecule has 2 heterocycles. The first-order valence-electron chi connectivity index (χ1n) is 12.4. The second-order valence-electron chi connectivity index (χ2n) is 9.80. The molecule has 4 rings (SSSR count). The number of alkyl halides is 3. The van der Waals surface area contributed by atoms with Crippen LogP contribution in [0.25, 0.3) is 0 Å². The van der Waals surface area contributed by atoms with Crippen LogP contribution in [0.4, 0.5) is 29.5 Å². The quantitative estimate of drug-likeness (QED) is 0.511. The maximum Gasteiger partial charge on any atom is 0.408 e. The maximum atomic E-state index is 14.0. The van der Waals surface area contributed by atoms with Crippen LogP contribution in [0.15, 0.2) is 42.6 Å². The number of anilines is 2. The minimum absolute atomic E-state index is 0.0560. The summed E-state index contributed by atoms with van der Waals surface area (Å²) in [4.78, 5) is 45.7. The molecule has 3 atom stereocenters. The zero-order valence-electron chi connectivity index (χ0n) is 20.7. The highest BCUT2D eigenvalue weighted by molar-refractivity contribution is 6.31. The van der Waals surface area contributed by atoms with Crippen molar-refractivity contribution >= 4 is 41.0 Å². The Kier molecular flexibility index (Phi) is 8.15. The summed E-state index contributed by atoms with van der Waals surface area (Å²) in [7, 11) is 1.45. The zero-order chi connectivity index (χ0) is 27.6. The number of nitrogen functional groups attached to an aromatic ring is 1. The highest BCUT2D eigenvalue weighted by atomic mass is 35.5. The highest BCUT2D eigenvalue weighted by Crippen LogP contribution is 2.37. The molecule has 38 heavy (non-hydrogen) atoms. The molecule has 1 aromatic heterocycles. The maximum absolute atomic E-state index is 14.0. The van der Waals surface area contributed by atoms with E-state index in [0.29, 0.717) is 46.9 Å². The molecule has 204 valence electrons. The van der Waals surface area contributed by atoms with Gasteiger partial charge in [-0.05, 0) is 61.1 Å².